The van der Waals surface area contributed by atoms with Gasteiger partial charge in [0.25, 0.3) is 5.56 Å². The van der Waals surface area contributed by atoms with E-state index in [1.807, 2.05) is 30.3 Å². The summed E-state index contributed by atoms with van der Waals surface area (Å²) in [6.45, 7) is 0.545. The highest BCUT2D eigenvalue weighted by Crippen LogP contribution is 2.33. The Balaban J connectivity index is 1.46. The van der Waals surface area contributed by atoms with Crippen molar-refractivity contribution in [3.8, 4) is 0 Å². The molecule has 1 aromatic carbocycles. The van der Waals surface area contributed by atoms with Crippen molar-refractivity contribution in [1.82, 2.24) is 19.5 Å². The highest BCUT2D eigenvalue weighted by Gasteiger charge is 2.33. The van der Waals surface area contributed by atoms with Gasteiger partial charge in [0.05, 0.1) is 19.0 Å². The van der Waals surface area contributed by atoms with Gasteiger partial charge in [-0.05, 0) is 18.4 Å². The Bertz CT molecular complexity index is 935. The molecule has 7 nitrogen and oxygen atoms in total. The van der Waals surface area contributed by atoms with Crippen LogP contribution in [-0.2, 0) is 11.3 Å². The molecule has 3 aromatic rings. The molecule has 0 spiro atoms. The zero-order valence-corrected chi connectivity index (χ0v) is 12.4. The first kappa shape index (κ1) is 14.0. The molecule has 1 aliphatic carbocycles. The second-order valence-corrected chi connectivity index (χ2v) is 5.78. The van der Waals surface area contributed by atoms with E-state index in [0.717, 1.165) is 5.56 Å². The summed E-state index contributed by atoms with van der Waals surface area (Å²) in [5.41, 5.74) is 1.00. The number of aromatic nitrogens is 4. The molecule has 1 fully saturated rings. The number of aromatic amines is 2. The molecule has 0 bridgehead atoms. The summed E-state index contributed by atoms with van der Waals surface area (Å²) >= 11 is 0. The monoisotopic (exact) mass is 312 g/mol. The first-order valence-electron chi connectivity index (χ1n) is 7.56. The predicted molar refractivity (Wildman–Crippen MR) is 84.3 cm³/mol. The Morgan fingerprint density at radius 2 is 2.00 bits per heavy atom. The average Bonchev–Trinajstić information content (AvgIpc) is 2.98. The van der Waals surface area contributed by atoms with Crippen LogP contribution in [0.4, 0.5) is 0 Å². The molecule has 2 heterocycles. The molecular weight excluding hydrogens is 296 g/mol. The largest absolute Gasteiger partial charge is 0.373 e. The van der Waals surface area contributed by atoms with Gasteiger partial charge in [-0.25, -0.2) is 9.78 Å². The van der Waals surface area contributed by atoms with Gasteiger partial charge in [-0.15, -0.1) is 0 Å². The first-order chi connectivity index (χ1) is 11.2. The Labute approximate surface area is 131 Å². The standard InChI is InChI=1S/C16H16N4O3/c21-15-13-14(18-9-17-13)19-16(22)20(15)11-6-12(7-11)23-8-10-4-2-1-3-5-10/h1-5,9,11-12H,6-8H2,(H,17,18)(H,19,22). The quantitative estimate of drug-likeness (QED) is 0.760. The fourth-order valence-corrected chi connectivity index (χ4v) is 2.93. The number of ether oxygens (including phenoxy) is 1. The molecule has 0 amide bonds. The van der Waals surface area contributed by atoms with Crippen LogP contribution in [0.25, 0.3) is 11.2 Å². The Kier molecular flexibility index (Phi) is 3.34. The van der Waals surface area contributed by atoms with E-state index in [4.69, 9.17) is 4.74 Å². The van der Waals surface area contributed by atoms with Gasteiger partial charge in [-0.2, -0.15) is 0 Å². The number of H-pyrrole nitrogens is 2. The maximum atomic E-state index is 12.4. The third kappa shape index (κ3) is 2.49. The smallest absolute Gasteiger partial charge is 0.330 e. The van der Waals surface area contributed by atoms with Crippen LogP contribution in [0.5, 0.6) is 0 Å². The zero-order valence-electron chi connectivity index (χ0n) is 12.4. The topological polar surface area (TPSA) is 92.8 Å². The molecule has 0 atom stereocenters. The summed E-state index contributed by atoms with van der Waals surface area (Å²) in [7, 11) is 0. The van der Waals surface area contributed by atoms with Crippen molar-refractivity contribution in [1.29, 1.82) is 0 Å². The van der Waals surface area contributed by atoms with Crippen LogP contribution in [0.1, 0.15) is 24.4 Å². The predicted octanol–water partition coefficient (Wildman–Crippen LogP) is 1.33. The third-order valence-corrected chi connectivity index (χ3v) is 4.28. The summed E-state index contributed by atoms with van der Waals surface area (Å²) < 4.78 is 7.09. The Morgan fingerprint density at radius 1 is 1.22 bits per heavy atom. The number of imidazole rings is 1. The van der Waals surface area contributed by atoms with E-state index in [-0.39, 0.29) is 17.7 Å². The number of rotatable bonds is 4. The molecule has 4 rings (SSSR count). The Morgan fingerprint density at radius 3 is 2.78 bits per heavy atom. The molecule has 0 radical (unpaired) electrons. The molecule has 2 aromatic heterocycles. The van der Waals surface area contributed by atoms with Crippen LogP contribution in [0.3, 0.4) is 0 Å². The fourth-order valence-electron chi connectivity index (χ4n) is 2.93. The lowest BCUT2D eigenvalue weighted by molar-refractivity contribution is -0.0372. The van der Waals surface area contributed by atoms with Gasteiger partial charge in [-0.3, -0.25) is 14.3 Å². The highest BCUT2D eigenvalue weighted by molar-refractivity contribution is 5.67. The van der Waals surface area contributed by atoms with Crippen molar-refractivity contribution >= 4 is 11.2 Å². The minimum atomic E-state index is -0.416. The summed E-state index contributed by atoms with van der Waals surface area (Å²) in [5.74, 6) is 0. The third-order valence-electron chi connectivity index (χ3n) is 4.28. The van der Waals surface area contributed by atoms with E-state index >= 15 is 0 Å². The molecule has 0 saturated heterocycles. The molecule has 0 aliphatic heterocycles. The SMILES string of the molecule is O=c1[nH]c2nc[nH]c2c(=O)n1C1CC(OCc2ccccc2)C1. The number of nitrogens with zero attached hydrogens (tertiary/aromatic N) is 2. The van der Waals surface area contributed by atoms with Crippen LogP contribution >= 0.6 is 0 Å². The number of nitrogens with one attached hydrogen (secondary N) is 2. The van der Waals surface area contributed by atoms with Crippen LogP contribution < -0.4 is 11.2 Å². The van der Waals surface area contributed by atoms with Gasteiger partial charge in [0.15, 0.2) is 5.65 Å². The summed E-state index contributed by atoms with van der Waals surface area (Å²) in [4.78, 5) is 33.8. The van der Waals surface area contributed by atoms with Gasteiger partial charge in [-0.1, -0.05) is 30.3 Å². The maximum absolute atomic E-state index is 12.4. The van der Waals surface area contributed by atoms with Crippen molar-refractivity contribution in [2.75, 3.05) is 0 Å². The second kappa shape index (κ2) is 5.51. The minimum absolute atomic E-state index is 0.0731. The summed E-state index contributed by atoms with van der Waals surface area (Å²) in [6.07, 6.45) is 2.80. The molecule has 23 heavy (non-hydrogen) atoms. The fraction of sp³-hybridized carbons (Fsp3) is 0.312. The first-order valence-corrected chi connectivity index (χ1v) is 7.56. The molecule has 7 heteroatoms. The van der Waals surface area contributed by atoms with E-state index < -0.39 is 5.69 Å². The number of hydrogen-bond donors (Lipinski definition) is 2. The van der Waals surface area contributed by atoms with Crippen LogP contribution in [0.2, 0.25) is 0 Å². The number of hydrogen-bond acceptors (Lipinski definition) is 4. The van der Waals surface area contributed by atoms with E-state index in [2.05, 4.69) is 15.0 Å². The van der Waals surface area contributed by atoms with Crippen LogP contribution in [0, 0.1) is 0 Å². The van der Waals surface area contributed by atoms with E-state index in [9.17, 15) is 9.59 Å². The van der Waals surface area contributed by atoms with E-state index in [0.29, 0.717) is 30.6 Å². The number of fused-ring (bicyclic) bond motifs is 1. The summed E-state index contributed by atoms with van der Waals surface area (Å²) in [5, 5.41) is 0. The van der Waals surface area contributed by atoms with Crippen molar-refractivity contribution < 1.29 is 4.74 Å². The lowest BCUT2D eigenvalue weighted by Gasteiger charge is -2.35. The van der Waals surface area contributed by atoms with E-state index in [1.54, 1.807) is 0 Å². The van der Waals surface area contributed by atoms with Gasteiger partial charge in [0.1, 0.15) is 5.52 Å². The maximum Gasteiger partial charge on any atom is 0.330 e. The van der Waals surface area contributed by atoms with Crippen LogP contribution in [-0.4, -0.2) is 25.6 Å². The van der Waals surface area contributed by atoms with Gasteiger partial charge < -0.3 is 9.72 Å². The van der Waals surface area contributed by atoms with Gasteiger partial charge >= 0.3 is 5.69 Å². The zero-order chi connectivity index (χ0) is 15.8. The average molecular weight is 312 g/mol. The van der Waals surface area contributed by atoms with Crippen molar-refractivity contribution in [2.45, 2.75) is 31.6 Å². The molecular formula is C16H16N4O3. The van der Waals surface area contributed by atoms with Gasteiger partial charge in [0, 0.05) is 6.04 Å². The van der Waals surface area contributed by atoms with Crippen molar-refractivity contribution in [3.05, 3.63) is 63.1 Å². The molecule has 2 N–H and O–H groups in total. The van der Waals surface area contributed by atoms with Crippen molar-refractivity contribution in [2.24, 2.45) is 0 Å². The van der Waals surface area contributed by atoms with E-state index in [1.165, 1.54) is 10.9 Å². The normalized spacial score (nSPS) is 20.5. The number of benzene rings is 1. The summed E-state index contributed by atoms with van der Waals surface area (Å²) in [6, 6.07) is 9.81. The second-order valence-electron chi connectivity index (χ2n) is 5.78. The molecule has 1 saturated carbocycles. The molecule has 1 aliphatic rings. The van der Waals surface area contributed by atoms with Crippen molar-refractivity contribution in [3.63, 3.8) is 0 Å². The van der Waals surface area contributed by atoms with Crippen LogP contribution in [0.15, 0.2) is 46.2 Å². The van der Waals surface area contributed by atoms with Gasteiger partial charge in [0.2, 0.25) is 0 Å². The lowest BCUT2D eigenvalue weighted by atomic mass is 9.89. The molecule has 118 valence electrons. The lowest BCUT2D eigenvalue weighted by Crippen LogP contribution is -2.45. The minimum Gasteiger partial charge on any atom is -0.373 e. The molecule has 0 unspecified atom stereocenters. The highest BCUT2D eigenvalue weighted by atomic mass is 16.5. The Hall–Kier alpha value is -2.67.